The number of nitrogens with one attached hydrogen (secondary N) is 1. The van der Waals surface area contributed by atoms with Crippen LogP contribution in [0.2, 0.25) is 0 Å². The summed E-state index contributed by atoms with van der Waals surface area (Å²) in [5.74, 6) is 0. The van der Waals surface area contributed by atoms with Crippen molar-refractivity contribution in [2.45, 2.75) is 51.3 Å². The average molecular weight is 256 g/mol. The van der Waals surface area contributed by atoms with Crippen LogP contribution < -0.4 is 5.32 Å². The van der Waals surface area contributed by atoms with Crippen molar-refractivity contribution in [3.05, 3.63) is 0 Å². The number of nitrogens with zero attached hydrogens (tertiary/aromatic N) is 1. The van der Waals surface area contributed by atoms with Gasteiger partial charge >= 0.3 is 0 Å². The minimum absolute atomic E-state index is 0.385. The molecule has 0 spiro atoms. The van der Waals surface area contributed by atoms with Gasteiger partial charge in [-0.05, 0) is 26.2 Å². The Morgan fingerprint density at radius 2 is 2.06 bits per heavy atom. The summed E-state index contributed by atoms with van der Waals surface area (Å²) in [5.41, 5.74) is 0. The van der Waals surface area contributed by atoms with E-state index in [2.05, 4.69) is 24.1 Å². The molecule has 4 nitrogen and oxygen atoms in total. The molecule has 2 saturated heterocycles. The van der Waals surface area contributed by atoms with Crippen LogP contribution in [0.4, 0.5) is 0 Å². The van der Waals surface area contributed by atoms with Crippen LogP contribution >= 0.6 is 0 Å². The molecule has 0 amide bonds. The molecule has 2 aliphatic rings. The van der Waals surface area contributed by atoms with Gasteiger partial charge in [-0.3, -0.25) is 4.90 Å². The average Bonchev–Trinajstić information content (AvgIpc) is 2.40. The van der Waals surface area contributed by atoms with E-state index in [1.54, 1.807) is 0 Å². The number of hydrogen-bond acceptors (Lipinski definition) is 4. The lowest BCUT2D eigenvalue weighted by Gasteiger charge is -2.38. The molecule has 0 aromatic heterocycles. The Morgan fingerprint density at radius 1 is 1.28 bits per heavy atom. The maximum absolute atomic E-state index is 5.73. The summed E-state index contributed by atoms with van der Waals surface area (Å²) >= 11 is 0. The lowest BCUT2D eigenvalue weighted by atomic mass is 10.1. The normalized spacial score (nSPS) is 31.7. The minimum atomic E-state index is 0.385. The molecule has 2 fully saturated rings. The molecule has 18 heavy (non-hydrogen) atoms. The van der Waals surface area contributed by atoms with Crippen molar-refractivity contribution in [3.63, 3.8) is 0 Å². The predicted molar refractivity (Wildman–Crippen MR) is 72.9 cm³/mol. The van der Waals surface area contributed by atoms with E-state index < -0.39 is 0 Å². The number of ether oxygens (including phenoxy) is 2. The van der Waals surface area contributed by atoms with Gasteiger partial charge in [0, 0.05) is 44.9 Å². The zero-order valence-corrected chi connectivity index (χ0v) is 11.9. The van der Waals surface area contributed by atoms with Crippen molar-refractivity contribution in [1.29, 1.82) is 0 Å². The first-order chi connectivity index (χ1) is 8.79. The summed E-state index contributed by atoms with van der Waals surface area (Å²) in [6.45, 7) is 10.5. The molecule has 2 unspecified atom stereocenters. The summed E-state index contributed by atoms with van der Waals surface area (Å²) in [6, 6.07) is 1.27. The van der Waals surface area contributed by atoms with E-state index in [4.69, 9.17) is 9.47 Å². The fourth-order valence-corrected chi connectivity index (χ4v) is 2.88. The SMILES string of the molecule is CCC1COC(C)CN1CCNC1CCOCC1. The van der Waals surface area contributed by atoms with Crippen molar-refractivity contribution in [2.75, 3.05) is 39.5 Å². The first-order valence-corrected chi connectivity index (χ1v) is 7.46. The van der Waals surface area contributed by atoms with Crippen LogP contribution in [0.1, 0.15) is 33.1 Å². The standard InChI is InChI=1S/C14H28N2O2/c1-3-14-11-18-12(2)10-16(14)7-6-15-13-4-8-17-9-5-13/h12-15H,3-11H2,1-2H3. The predicted octanol–water partition coefficient (Wildman–Crippen LogP) is 1.25. The molecule has 106 valence electrons. The van der Waals surface area contributed by atoms with Gasteiger partial charge < -0.3 is 14.8 Å². The van der Waals surface area contributed by atoms with Crippen LogP contribution in [0.5, 0.6) is 0 Å². The zero-order chi connectivity index (χ0) is 12.8. The first kappa shape index (κ1) is 14.3. The van der Waals surface area contributed by atoms with E-state index in [1.165, 1.54) is 6.42 Å². The van der Waals surface area contributed by atoms with E-state index >= 15 is 0 Å². The molecule has 2 heterocycles. The van der Waals surface area contributed by atoms with E-state index in [0.717, 1.165) is 52.3 Å². The molecule has 0 radical (unpaired) electrons. The Morgan fingerprint density at radius 3 is 2.78 bits per heavy atom. The molecule has 4 heteroatoms. The molecule has 2 rings (SSSR count). The highest BCUT2D eigenvalue weighted by molar-refractivity contribution is 4.79. The monoisotopic (exact) mass is 256 g/mol. The molecular formula is C14H28N2O2. The fourth-order valence-electron chi connectivity index (χ4n) is 2.88. The maximum Gasteiger partial charge on any atom is 0.0674 e. The van der Waals surface area contributed by atoms with E-state index in [0.29, 0.717) is 18.2 Å². The molecular weight excluding hydrogens is 228 g/mol. The van der Waals surface area contributed by atoms with Crippen molar-refractivity contribution >= 4 is 0 Å². The molecule has 0 aromatic carbocycles. The van der Waals surface area contributed by atoms with Crippen LogP contribution in [0, 0.1) is 0 Å². The molecule has 0 bridgehead atoms. The summed E-state index contributed by atoms with van der Waals surface area (Å²) in [4.78, 5) is 2.58. The van der Waals surface area contributed by atoms with Crippen LogP contribution in [-0.4, -0.2) is 62.5 Å². The van der Waals surface area contributed by atoms with Gasteiger partial charge in [-0.25, -0.2) is 0 Å². The summed E-state index contributed by atoms with van der Waals surface area (Å²) < 4.78 is 11.1. The molecule has 0 saturated carbocycles. The van der Waals surface area contributed by atoms with E-state index in [9.17, 15) is 0 Å². The minimum Gasteiger partial charge on any atom is -0.381 e. The zero-order valence-electron chi connectivity index (χ0n) is 11.9. The third-order valence-corrected chi connectivity index (χ3v) is 4.11. The van der Waals surface area contributed by atoms with Crippen LogP contribution in [-0.2, 0) is 9.47 Å². The van der Waals surface area contributed by atoms with Gasteiger partial charge in [0.05, 0.1) is 12.7 Å². The Balaban J connectivity index is 1.67. The lowest BCUT2D eigenvalue weighted by Crippen LogP contribution is -2.51. The Hall–Kier alpha value is -0.160. The highest BCUT2D eigenvalue weighted by Crippen LogP contribution is 2.14. The highest BCUT2D eigenvalue weighted by atomic mass is 16.5. The van der Waals surface area contributed by atoms with Gasteiger partial charge in [-0.1, -0.05) is 6.92 Å². The van der Waals surface area contributed by atoms with Crippen molar-refractivity contribution in [2.24, 2.45) is 0 Å². The molecule has 0 aromatic rings. The smallest absolute Gasteiger partial charge is 0.0674 e. The van der Waals surface area contributed by atoms with Crippen LogP contribution in [0.25, 0.3) is 0 Å². The molecule has 1 N–H and O–H groups in total. The first-order valence-electron chi connectivity index (χ1n) is 7.46. The summed E-state index contributed by atoms with van der Waals surface area (Å²) in [7, 11) is 0. The fraction of sp³-hybridized carbons (Fsp3) is 1.00. The van der Waals surface area contributed by atoms with Crippen LogP contribution in [0.3, 0.4) is 0 Å². The third kappa shape index (κ3) is 4.19. The third-order valence-electron chi connectivity index (χ3n) is 4.11. The van der Waals surface area contributed by atoms with Gasteiger partial charge in [-0.2, -0.15) is 0 Å². The van der Waals surface area contributed by atoms with Gasteiger partial charge in [-0.15, -0.1) is 0 Å². The maximum atomic E-state index is 5.73. The Bertz CT molecular complexity index is 232. The van der Waals surface area contributed by atoms with Gasteiger partial charge in [0.15, 0.2) is 0 Å². The van der Waals surface area contributed by atoms with Crippen molar-refractivity contribution in [1.82, 2.24) is 10.2 Å². The second-order valence-electron chi connectivity index (χ2n) is 5.54. The van der Waals surface area contributed by atoms with Crippen molar-refractivity contribution in [3.8, 4) is 0 Å². The number of rotatable bonds is 5. The molecule has 2 atom stereocenters. The molecule has 2 aliphatic heterocycles. The largest absolute Gasteiger partial charge is 0.381 e. The number of morpholine rings is 1. The van der Waals surface area contributed by atoms with Crippen molar-refractivity contribution < 1.29 is 9.47 Å². The Kier molecular flexibility index (Phi) is 5.89. The summed E-state index contributed by atoms with van der Waals surface area (Å²) in [5, 5.41) is 3.67. The van der Waals surface area contributed by atoms with Gasteiger partial charge in [0.25, 0.3) is 0 Å². The quantitative estimate of drug-likeness (QED) is 0.803. The number of hydrogen-bond donors (Lipinski definition) is 1. The molecule has 0 aliphatic carbocycles. The lowest BCUT2D eigenvalue weighted by molar-refractivity contribution is -0.0554. The van der Waals surface area contributed by atoms with E-state index in [-0.39, 0.29) is 0 Å². The van der Waals surface area contributed by atoms with Crippen LogP contribution in [0.15, 0.2) is 0 Å². The second kappa shape index (κ2) is 7.43. The summed E-state index contributed by atoms with van der Waals surface area (Å²) in [6.07, 6.45) is 3.90. The topological polar surface area (TPSA) is 33.7 Å². The van der Waals surface area contributed by atoms with Gasteiger partial charge in [0.1, 0.15) is 0 Å². The second-order valence-corrected chi connectivity index (χ2v) is 5.54. The van der Waals surface area contributed by atoms with Gasteiger partial charge in [0.2, 0.25) is 0 Å². The van der Waals surface area contributed by atoms with E-state index in [1.807, 2.05) is 0 Å². The highest BCUT2D eigenvalue weighted by Gasteiger charge is 2.25. The Labute approximate surface area is 111 Å².